The number of amides is 1. The van der Waals surface area contributed by atoms with E-state index in [1.807, 2.05) is 13.8 Å². The van der Waals surface area contributed by atoms with Gasteiger partial charge in [0, 0.05) is 12.2 Å². The summed E-state index contributed by atoms with van der Waals surface area (Å²) in [6.45, 7) is 4.28. The van der Waals surface area contributed by atoms with Crippen LogP contribution in [0.4, 0.5) is 5.69 Å². The van der Waals surface area contributed by atoms with Crippen molar-refractivity contribution in [1.29, 1.82) is 0 Å². The van der Waals surface area contributed by atoms with Crippen LogP contribution in [-0.2, 0) is 26.9 Å². The average molecular weight is 461 g/mol. The first-order valence-electron chi connectivity index (χ1n) is 9.60. The predicted molar refractivity (Wildman–Crippen MR) is 120 cm³/mol. The minimum absolute atomic E-state index is 0.120. The highest BCUT2D eigenvalue weighted by Gasteiger charge is 2.21. The van der Waals surface area contributed by atoms with Gasteiger partial charge in [-0.15, -0.1) is 10.2 Å². The van der Waals surface area contributed by atoms with Gasteiger partial charge in [-0.2, -0.15) is 0 Å². The van der Waals surface area contributed by atoms with Crippen molar-refractivity contribution in [3.8, 4) is 5.75 Å². The topological polar surface area (TPSA) is 103 Å². The van der Waals surface area contributed by atoms with Crippen molar-refractivity contribution in [1.82, 2.24) is 14.8 Å². The van der Waals surface area contributed by atoms with E-state index in [-0.39, 0.29) is 22.3 Å². The molecule has 1 amide bonds. The first-order valence-corrected chi connectivity index (χ1v) is 12.2. The van der Waals surface area contributed by atoms with Crippen molar-refractivity contribution in [2.75, 3.05) is 18.2 Å². The predicted octanol–water partition coefficient (Wildman–Crippen LogP) is 3.32. The molecule has 1 N–H and O–H groups in total. The Morgan fingerprint density at radius 3 is 2.39 bits per heavy atom. The lowest BCUT2D eigenvalue weighted by Crippen LogP contribution is -2.15. The van der Waals surface area contributed by atoms with E-state index in [2.05, 4.69) is 15.5 Å². The first kappa shape index (κ1) is 22.8. The Bertz CT molecular complexity index is 1140. The van der Waals surface area contributed by atoms with Crippen molar-refractivity contribution in [3.63, 3.8) is 0 Å². The molecular weight excluding hydrogens is 436 g/mol. The fourth-order valence-electron chi connectivity index (χ4n) is 2.85. The lowest BCUT2D eigenvalue weighted by atomic mass is 10.2. The molecule has 0 fully saturated rings. The maximum Gasteiger partial charge on any atom is 0.234 e. The van der Waals surface area contributed by atoms with Gasteiger partial charge in [0.25, 0.3) is 0 Å². The average Bonchev–Trinajstić information content (AvgIpc) is 3.13. The third-order valence-corrected chi connectivity index (χ3v) is 7.11. The fourth-order valence-corrected chi connectivity index (χ4v) is 4.94. The number of ether oxygens (including phenoxy) is 1. The molecule has 0 radical (unpaired) electrons. The van der Waals surface area contributed by atoms with E-state index < -0.39 is 9.84 Å². The summed E-state index contributed by atoms with van der Waals surface area (Å²) in [4.78, 5) is 12.5. The van der Waals surface area contributed by atoms with Crippen LogP contribution >= 0.6 is 11.8 Å². The van der Waals surface area contributed by atoms with Gasteiger partial charge in [0.05, 0.1) is 17.8 Å². The van der Waals surface area contributed by atoms with Crippen molar-refractivity contribution in [2.24, 2.45) is 0 Å². The van der Waals surface area contributed by atoms with Gasteiger partial charge in [0.1, 0.15) is 17.3 Å². The molecule has 10 heteroatoms. The molecule has 0 atom stereocenters. The van der Waals surface area contributed by atoms with Crippen molar-refractivity contribution in [3.05, 3.63) is 59.9 Å². The smallest absolute Gasteiger partial charge is 0.234 e. The van der Waals surface area contributed by atoms with E-state index in [0.717, 1.165) is 5.56 Å². The number of rotatable bonds is 9. The molecule has 3 aromatic rings. The standard InChI is InChI=1S/C21H24N4O4S2/c1-4-25-19(14-31(27,28)18-11-5-15(2)6-12-18)23-24-21(25)30-13-20(26)22-16-7-9-17(29-3)10-8-16/h5-12H,4,13-14H2,1-3H3,(H,22,26). The van der Waals surface area contributed by atoms with Gasteiger partial charge in [-0.3, -0.25) is 4.79 Å². The summed E-state index contributed by atoms with van der Waals surface area (Å²) in [6.07, 6.45) is 0. The number of hydrogen-bond acceptors (Lipinski definition) is 7. The molecule has 164 valence electrons. The number of carbonyl (C=O) groups is 1. The molecule has 0 aliphatic rings. The van der Waals surface area contributed by atoms with Crippen LogP contribution in [0.3, 0.4) is 0 Å². The van der Waals surface area contributed by atoms with Crippen LogP contribution in [0.15, 0.2) is 58.6 Å². The Hall–Kier alpha value is -2.85. The van der Waals surface area contributed by atoms with Gasteiger partial charge in [-0.1, -0.05) is 29.5 Å². The normalized spacial score (nSPS) is 11.3. The Balaban J connectivity index is 1.65. The Morgan fingerprint density at radius 1 is 1.10 bits per heavy atom. The fraction of sp³-hybridized carbons (Fsp3) is 0.286. The number of sulfone groups is 1. The molecule has 8 nitrogen and oxygen atoms in total. The number of nitrogens with zero attached hydrogens (tertiary/aromatic N) is 3. The molecule has 0 aliphatic heterocycles. The second-order valence-electron chi connectivity index (χ2n) is 6.78. The number of carbonyl (C=O) groups excluding carboxylic acids is 1. The molecule has 31 heavy (non-hydrogen) atoms. The molecule has 0 unspecified atom stereocenters. The van der Waals surface area contributed by atoms with Crippen LogP contribution in [-0.4, -0.2) is 42.0 Å². The highest BCUT2D eigenvalue weighted by Crippen LogP contribution is 2.22. The SMILES string of the molecule is CCn1c(CS(=O)(=O)c2ccc(C)cc2)nnc1SCC(=O)Nc1ccc(OC)cc1. The van der Waals surface area contributed by atoms with E-state index in [1.54, 1.807) is 60.2 Å². The third kappa shape index (κ3) is 5.86. The number of nitrogens with one attached hydrogen (secondary N) is 1. The van der Waals surface area contributed by atoms with Gasteiger partial charge in [0.15, 0.2) is 15.0 Å². The number of anilines is 1. The number of methoxy groups -OCH3 is 1. The Morgan fingerprint density at radius 2 is 1.77 bits per heavy atom. The zero-order valence-electron chi connectivity index (χ0n) is 17.5. The largest absolute Gasteiger partial charge is 0.497 e. The lowest BCUT2D eigenvalue weighted by Gasteiger charge is -2.09. The second kappa shape index (κ2) is 9.97. The quantitative estimate of drug-likeness (QED) is 0.489. The first-order chi connectivity index (χ1) is 14.8. The van der Waals surface area contributed by atoms with Gasteiger partial charge in [-0.25, -0.2) is 8.42 Å². The summed E-state index contributed by atoms with van der Waals surface area (Å²) >= 11 is 1.21. The van der Waals surface area contributed by atoms with Crippen LogP contribution in [0.2, 0.25) is 0 Å². The van der Waals surface area contributed by atoms with E-state index >= 15 is 0 Å². The van der Waals surface area contributed by atoms with Crippen molar-refractivity contribution in [2.45, 2.75) is 36.2 Å². The zero-order chi connectivity index (χ0) is 22.4. The van der Waals surface area contributed by atoms with E-state index in [1.165, 1.54) is 11.8 Å². The molecule has 0 saturated heterocycles. The summed E-state index contributed by atoms with van der Waals surface area (Å²) in [5, 5.41) is 11.5. The monoisotopic (exact) mass is 460 g/mol. The summed E-state index contributed by atoms with van der Waals surface area (Å²) in [5.41, 5.74) is 1.65. The summed E-state index contributed by atoms with van der Waals surface area (Å²) < 4.78 is 32.3. The van der Waals surface area contributed by atoms with E-state index in [9.17, 15) is 13.2 Å². The maximum absolute atomic E-state index is 12.7. The van der Waals surface area contributed by atoms with Crippen molar-refractivity contribution >= 4 is 33.2 Å². The number of aromatic nitrogens is 3. The number of benzene rings is 2. The molecule has 1 aromatic heterocycles. The number of aryl methyl sites for hydroxylation is 1. The van der Waals surface area contributed by atoms with Gasteiger partial charge < -0.3 is 14.6 Å². The Kier molecular flexibility index (Phi) is 7.34. The van der Waals surface area contributed by atoms with Crippen LogP contribution in [0.5, 0.6) is 5.75 Å². The van der Waals surface area contributed by atoms with Crippen LogP contribution in [0.25, 0.3) is 0 Å². The summed E-state index contributed by atoms with van der Waals surface area (Å²) in [6, 6.07) is 13.7. The molecular formula is C21H24N4O4S2. The zero-order valence-corrected chi connectivity index (χ0v) is 19.2. The van der Waals surface area contributed by atoms with Crippen LogP contribution in [0.1, 0.15) is 18.3 Å². The van der Waals surface area contributed by atoms with Gasteiger partial charge in [-0.05, 0) is 50.2 Å². The van der Waals surface area contributed by atoms with Gasteiger partial charge >= 0.3 is 0 Å². The van der Waals surface area contributed by atoms with Crippen LogP contribution < -0.4 is 10.1 Å². The summed E-state index contributed by atoms with van der Waals surface area (Å²) in [7, 11) is -1.97. The number of hydrogen-bond donors (Lipinski definition) is 1. The maximum atomic E-state index is 12.7. The number of thioether (sulfide) groups is 1. The van der Waals surface area contributed by atoms with Crippen LogP contribution in [0, 0.1) is 6.92 Å². The van der Waals surface area contributed by atoms with Crippen molar-refractivity contribution < 1.29 is 17.9 Å². The minimum Gasteiger partial charge on any atom is -0.497 e. The molecule has 0 bridgehead atoms. The molecule has 2 aromatic carbocycles. The molecule has 3 rings (SSSR count). The second-order valence-corrected chi connectivity index (χ2v) is 9.71. The molecule has 0 spiro atoms. The minimum atomic E-state index is -3.55. The Labute approximate surface area is 186 Å². The van der Waals surface area contributed by atoms with E-state index in [0.29, 0.717) is 29.0 Å². The molecule has 1 heterocycles. The summed E-state index contributed by atoms with van der Waals surface area (Å²) in [5.74, 6) is 0.719. The highest BCUT2D eigenvalue weighted by atomic mass is 32.2. The third-order valence-electron chi connectivity index (χ3n) is 4.52. The van der Waals surface area contributed by atoms with E-state index in [4.69, 9.17) is 4.74 Å². The lowest BCUT2D eigenvalue weighted by molar-refractivity contribution is -0.113. The molecule has 0 saturated carbocycles. The highest BCUT2D eigenvalue weighted by molar-refractivity contribution is 7.99. The molecule has 0 aliphatic carbocycles. The van der Waals surface area contributed by atoms with Gasteiger partial charge in [0.2, 0.25) is 5.91 Å².